The third-order valence-corrected chi connectivity index (χ3v) is 4.96. The molecule has 0 unspecified atom stereocenters. The minimum Gasteiger partial charge on any atom is -0.298 e. The molecule has 2 aromatic rings. The van der Waals surface area contributed by atoms with Crippen molar-refractivity contribution in [1.82, 2.24) is 4.98 Å². The molecule has 0 amide bonds. The molecule has 0 aliphatic carbocycles. The monoisotopic (exact) mass is 332 g/mol. The molecule has 1 N–H and O–H groups in total. The van der Waals surface area contributed by atoms with Crippen molar-refractivity contribution in [2.24, 2.45) is 0 Å². The van der Waals surface area contributed by atoms with Crippen molar-refractivity contribution < 1.29 is 13.2 Å². The molecule has 0 saturated carbocycles. The Morgan fingerprint density at radius 1 is 1.13 bits per heavy atom. The van der Waals surface area contributed by atoms with Crippen LogP contribution in [0.4, 0.5) is 5.69 Å². The Balaban J connectivity index is 2.49. The maximum atomic E-state index is 12.5. The van der Waals surface area contributed by atoms with E-state index in [0.717, 1.165) is 11.3 Å². The molecular formula is C17H20N2O3S. The van der Waals surface area contributed by atoms with Gasteiger partial charge >= 0.3 is 0 Å². The summed E-state index contributed by atoms with van der Waals surface area (Å²) in [6.45, 7) is 5.70. The van der Waals surface area contributed by atoms with Crippen LogP contribution in [0.5, 0.6) is 0 Å². The van der Waals surface area contributed by atoms with Crippen LogP contribution in [0.15, 0.2) is 35.2 Å². The first kappa shape index (κ1) is 17.1. The van der Waals surface area contributed by atoms with Gasteiger partial charge in [0.1, 0.15) is 0 Å². The van der Waals surface area contributed by atoms with E-state index in [0.29, 0.717) is 30.4 Å². The summed E-state index contributed by atoms with van der Waals surface area (Å²) in [5.74, 6) is 0. The van der Waals surface area contributed by atoms with Gasteiger partial charge in [-0.2, -0.15) is 0 Å². The molecule has 6 heteroatoms. The largest absolute Gasteiger partial charge is 0.298 e. The fourth-order valence-corrected chi connectivity index (χ4v) is 3.32. The van der Waals surface area contributed by atoms with E-state index in [1.807, 2.05) is 20.8 Å². The molecule has 1 aromatic carbocycles. The molecule has 0 aliphatic rings. The van der Waals surface area contributed by atoms with Crippen molar-refractivity contribution in [1.29, 1.82) is 0 Å². The first-order valence-corrected chi connectivity index (χ1v) is 8.97. The lowest BCUT2D eigenvalue weighted by Gasteiger charge is -2.14. The topological polar surface area (TPSA) is 76.1 Å². The highest BCUT2D eigenvalue weighted by Crippen LogP contribution is 2.23. The summed E-state index contributed by atoms with van der Waals surface area (Å²) in [5, 5.41) is 0. The van der Waals surface area contributed by atoms with Crippen molar-refractivity contribution in [2.45, 2.75) is 38.5 Å². The summed E-state index contributed by atoms with van der Waals surface area (Å²) in [4.78, 5) is 15.9. The molecule has 23 heavy (non-hydrogen) atoms. The zero-order valence-corrected chi connectivity index (χ0v) is 14.3. The highest BCUT2D eigenvalue weighted by Gasteiger charge is 2.18. The Bertz CT molecular complexity index is 812. The first-order valence-electron chi connectivity index (χ1n) is 7.48. The molecule has 5 nitrogen and oxygen atoms in total. The average Bonchev–Trinajstić information content (AvgIpc) is 2.54. The molecule has 0 fully saturated rings. The molecule has 0 bridgehead atoms. The van der Waals surface area contributed by atoms with E-state index in [2.05, 4.69) is 9.71 Å². The van der Waals surface area contributed by atoms with Gasteiger partial charge in [0.15, 0.2) is 6.29 Å². The number of benzene rings is 1. The number of nitrogens with zero attached hydrogens (tertiary/aromatic N) is 1. The Morgan fingerprint density at radius 3 is 2.30 bits per heavy atom. The molecule has 0 atom stereocenters. The Morgan fingerprint density at radius 2 is 1.78 bits per heavy atom. The van der Waals surface area contributed by atoms with E-state index in [1.54, 1.807) is 30.3 Å². The predicted octanol–water partition coefficient (Wildman–Crippen LogP) is 3.13. The second kappa shape index (κ2) is 6.91. The summed E-state index contributed by atoms with van der Waals surface area (Å²) in [6, 6.07) is 8.17. The van der Waals surface area contributed by atoms with Crippen molar-refractivity contribution in [3.05, 3.63) is 52.8 Å². The highest BCUT2D eigenvalue weighted by atomic mass is 32.2. The molecular weight excluding hydrogens is 312 g/mol. The van der Waals surface area contributed by atoms with Gasteiger partial charge in [-0.1, -0.05) is 31.5 Å². The molecule has 2 rings (SSSR count). The van der Waals surface area contributed by atoms with E-state index in [1.165, 1.54) is 0 Å². The fourth-order valence-electron chi connectivity index (χ4n) is 2.25. The lowest BCUT2D eigenvalue weighted by atomic mass is 10.1. The molecule has 0 radical (unpaired) electrons. The highest BCUT2D eigenvalue weighted by molar-refractivity contribution is 7.92. The number of aromatic nitrogens is 1. The Kier molecular flexibility index (Phi) is 5.15. The zero-order chi connectivity index (χ0) is 17.0. The van der Waals surface area contributed by atoms with Crippen LogP contribution < -0.4 is 4.72 Å². The van der Waals surface area contributed by atoms with Crippen LogP contribution in [0.2, 0.25) is 0 Å². The molecule has 0 aliphatic heterocycles. The predicted molar refractivity (Wildman–Crippen MR) is 90.4 cm³/mol. The van der Waals surface area contributed by atoms with Gasteiger partial charge in [0.25, 0.3) is 10.0 Å². The van der Waals surface area contributed by atoms with Crippen LogP contribution in [0.25, 0.3) is 0 Å². The number of anilines is 1. The van der Waals surface area contributed by atoms with E-state index < -0.39 is 10.0 Å². The van der Waals surface area contributed by atoms with Crippen LogP contribution in [-0.2, 0) is 22.9 Å². The van der Waals surface area contributed by atoms with Crippen LogP contribution in [0, 0.1) is 6.92 Å². The summed E-state index contributed by atoms with van der Waals surface area (Å²) >= 11 is 0. The van der Waals surface area contributed by atoms with Gasteiger partial charge in [0, 0.05) is 5.69 Å². The van der Waals surface area contributed by atoms with Crippen LogP contribution in [-0.4, -0.2) is 19.7 Å². The van der Waals surface area contributed by atoms with Crippen LogP contribution >= 0.6 is 0 Å². The quantitative estimate of drug-likeness (QED) is 0.825. The first-order chi connectivity index (χ1) is 10.9. The Hall–Kier alpha value is -2.21. The van der Waals surface area contributed by atoms with Gasteiger partial charge in [-0.25, -0.2) is 8.42 Å². The lowest BCUT2D eigenvalue weighted by molar-refractivity contribution is 0.112. The normalized spacial score (nSPS) is 11.3. The molecule has 1 aromatic heterocycles. The van der Waals surface area contributed by atoms with E-state index >= 15 is 0 Å². The number of aryl methyl sites for hydroxylation is 3. The number of sulfonamides is 1. The van der Waals surface area contributed by atoms with E-state index in [9.17, 15) is 13.2 Å². The number of hydrogen-bond donors (Lipinski definition) is 1. The standard InChI is InChI=1S/C17H20N2O3S/c1-4-13-10-17(15(11-20)16(5-2)18-13)19-23(21,22)14-8-6-12(3)7-9-14/h6-11H,4-5H2,1-3H3,(H,18,19). The van der Waals surface area contributed by atoms with Crippen molar-refractivity contribution in [3.8, 4) is 0 Å². The van der Waals surface area contributed by atoms with Crippen molar-refractivity contribution in [3.63, 3.8) is 0 Å². The molecule has 0 spiro atoms. The molecule has 0 saturated heterocycles. The minimum absolute atomic E-state index is 0.160. The maximum absolute atomic E-state index is 12.5. The lowest BCUT2D eigenvalue weighted by Crippen LogP contribution is -2.16. The van der Waals surface area contributed by atoms with Crippen LogP contribution in [0.3, 0.4) is 0 Å². The van der Waals surface area contributed by atoms with Gasteiger partial charge in [-0.05, 0) is 38.0 Å². The maximum Gasteiger partial charge on any atom is 0.261 e. The summed E-state index contributed by atoms with van der Waals surface area (Å²) < 4.78 is 27.6. The molecule has 1 heterocycles. The Labute approximate surface area is 136 Å². The molecule has 122 valence electrons. The fraction of sp³-hybridized carbons (Fsp3) is 0.294. The summed E-state index contributed by atoms with van der Waals surface area (Å²) in [6.07, 6.45) is 1.87. The average molecular weight is 332 g/mol. The number of hydrogen-bond acceptors (Lipinski definition) is 4. The number of nitrogens with one attached hydrogen (secondary N) is 1. The summed E-state index contributed by atoms with van der Waals surface area (Å²) in [7, 11) is -3.75. The smallest absolute Gasteiger partial charge is 0.261 e. The van der Waals surface area contributed by atoms with Crippen LogP contribution in [0.1, 0.15) is 41.2 Å². The minimum atomic E-state index is -3.75. The SMILES string of the molecule is CCc1cc(NS(=O)(=O)c2ccc(C)cc2)c(C=O)c(CC)n1. The van der Waals surface area contributed by atoms with E-state index in [4.69, 9.17) is 0 Å². The van der Waals surface area contributed by atoms with Crippen molar-refractivity contribution in [2.75, 3.05) is 4.72 Å². The second-order valence-corrected chi connectivity index (χ2v) is 6.95. The number of aldehydes is 1. The van der Waals surface area contributed by atoms with Crippen molar-refractivity contribution >= 4 is 22.0 Å². The van der Waals surface area contributed by atoms with Gasteiger partial charge in [0.2, 0.25) is 0 Å². The van der Waals surface area contributed by atoms with Gasteiger partial charge in [-0.3, -0.25) is 14.5 Å². The zero-order valence-electron chi connectivity index (χ0n) is 13.5. The summed E-state index contributed by atoms with van der Waals surface area (Å²) in [5.41, 5.74) is 2.89. The van der Waals surface area contributed by atoms with E-state index in [-0.39, 0.29) is 10.6 Å². The van der Waals surface area contributed by atoms with Gasteiger partial charge < -0.3 is 0 Å². The third-order valence-electron chi connectivity index (χ3n) is 3.58. The second-order valence-electron chi connectivity index (χ2n) is 5.27. The third kappa shape index (κ3) is 3.76. The number of rotatable bonds is 6. The number of carbonyl (C=O) groups is 1. The number of carbonyl (C=O) groups excluding carboxylic acids is 1. The van der Waals surface area contributed by atoms with Gasteiger partial charge in [0.05, 0.1) is 21.8 Å². The number of pyridine rings is 1. The van der Waals surface area contributed by atoms with Gasteiger partial charge in [-0.15, -0.1) is 0 Å².